The van der Waals surface area contributed by atoms with Gasteiger partial charge in [-0.1, -0.05) is 30.3 Å². The van der Waals surface area contributed by atoms with E-state index in [9.17, 15) is 8.42 Å². The van der Waals surface area contributed by atoms with Crippen LogP contribution in [0, 0.1) is 0 Å². The summed E-state index contributed by atoms with van der Waals surface area (Å²) < 4.78 is 37.5. The van der Waals surface area contributed by atoms with E-state index in [2.05, 4.69) is 4.72 Å². The molecule has 0 radical (unpaired) electrons. The lowest BCUT2D eigenvalue weighted by atomic mass is 10.2. The lowest BCUT2D eigenvalue weighted by Gasteiger charge is -2.15. The molecule has 23 heavy (non-hydrogen) atoms. The standard InChI is InChI=1S/C17H21NO4S/c1-14(12-22-17-10-8-16(21-2)9-11-17)18-23(19,20)13-15-6-4-3-5-7-15/h3-11,14,18H,12-13H2,1-2H3/t14-/m0/s1. The van der Waals surface area contributed by atoms with Gasteiger partial charge >= 0.3 is 0 Å². The zero-order valence-electron chi connectivity index (χ0n) is 13.2. The Kier molecular flexibility index (Phi) is 6.01. The van der Waals surface area contributed by atoms with Gasteiger partial charge in [-0.05, 0) is 36.8 Å². The summed E-state index contributed by atoms with van der Waals surface area (Å²) in [6.07, 6.45) is 0. The Morgan fingerprint density at radius 3 is 2.22 bits per heavy atom. The first-order valence-electron chi connectivity index (χ1n) is 7.29. The topological polar surface area (TPSA) is 64.6 Å². The van der Waals surface area contributed by atoms with E-state index in [4.69, 9.17) is 9.47 Å². The summed E-state index contributed by atoms with van der Waals surface area (Å²) in [6.45, 7) is 2.02. The largest absolute Gasteiger partial charge is 0.497 e. The summed E-state index contributed by atoms with van der Waals surface area (Å²) >= 11 is 0. The number of hydrogen-bond acceptors (Lipinski definition) is 4. The van der Waals surface area contributed by atoms with Crippen molar-refractivity contribution in [1.82, 2.24) is 4.72 Å². The Labute approximate surface area is 137 Å². The normalized spacial score (nSPS) is 12.6. The van der Waals surface area contributed by atoms with Gasteiger partial charge < -0.3 is 9.47 Å². The van der Waals surface area contributed by atoms with Crippen molar-refractivity contribution in [3.05, 3.63) is 60.2 Å². The third-order valence-electron chi connectivity index (χ3n) is 3.14. The summed E-state index contributed by atoms with van der Waals surface area (Å²) in [4.78, 5) is 0. The van der Waals surface area contributed by atoms with Crippen molar-refractivity contribution < 1.29 is 17.9 Å². The van der Waals surface area contributed by atoms with Crippen LogP contribution in [0.25, 0.3) is 0 Å². The second kappa shape index (κ2) is 7.99. The van der Waals surface area contributed by atoms with Crippen LogP contribution < -0.4 is 14.2 Å². The Morgan fingerprint density at radius 2 is 1.61 bits per heavy atom. The molecule has 0 aliphatic rings. The maximum absolute atomic E-state index is 12.1. The molecule has 124 valence electrons. The molecule has 1 atom stereocenters. The van der Waals surface area contributed by atoms with Gasteiger partial charge in [-0.15, -0.1) is 0 Å². The number of methoxy groups -OCH3 is 1. The molecule has 0 saturated carbocycles. The van der Waals surface area contributed by atoms with E-state index in [0.29, 0.717) is 5.75 Å². The smallest absolute Gasteiger partial charge is 0.216 e. The number of ether oxygens (including phenoxy) is 2. The van der Waals surface area contributed by atoms with Gasteiger partial charge in [0.05, 0.1) is 18.9 Å². The Balaban J connectivity index is 1.84. The SMILES string of the molecule is COc1ccc(OC[C@H](C)NS(=O)(=O)Cc2ccccc2)cc1. The van der Waals surface area contributed by atoms with Crippen molar-refractivity contribution >= 4 is 10.0 Å². The molecule has 0 amide bonds. The van der Waals surface area contributed by atoms with Crippen LogP contribution in [-0.4, -0.2) is 28.2 Å². The maximum atomic E-state index is 12.1. The van der Waals surface area contributed by atoms with E-state index in [1.54, 1.807) is 50.4 Å². The van der Waals surface area contributed by atoms with Gasteiger partial charge in [-0.3, -0.25) is 0 Å². The zero-order valence-corrected chi connectivity index (χ0v) is 14.0. The molecule has 0 unspecified atom stereocenters. The van der Waals surface area contributed by atoms with Crippen LogP contribution in [0.3, 0.4) is 0 Å². The molecule has 6 heteroatoms. The highest BCUT2D eigenvalue weighted by atomic mass is 32.2. The van der Waals surface area contributed by atoms with Gasteiger partial charge in [0.2, 0.25) is 10.0 Å². The zero-order chi connectivity index (χ0) is 16.7. The average molecular weight is 335 g/mol. The molecule has 0 saturated heterocycles. The number of hydrogen-bond donors (Lipinski definition) is 1. The number of benzene rings is 2. The van der Waals surface area contributed by atoms with Crippen molar-refractivity contribution in [2.75, 3.05) is 13.7 Å². The van der Waals surface area contributed by atoms with Crippen molar-refractivity contribution in [1.29, 1.82) is 0 Å². The van der Waals surface area contributed by atoms with Crippen LogP contribution in [-0.2, 0) is 15.8 Å². The molecular weight excluding hydrogens is 314 g/mol. The Hall–Kier alpha value is -2.05. The van der Waals surface area contributed by atoms with E-state index in [1.165, 1.54) is 0 Å². The Bertz CT molecular complexity index is 699. The van der Waals surface area contributed by atoms with Gasteiger partial charge in [0.15, 0.2) is 0 Å². The first-order valence-corrected chi connectivity index (χ1v) is 8.94. The van der Waals surface area contributed by atoms with Crippen molar-refractivity contribution in [2.45, 2.75) is 18.7 Å². The van der Waals surface area contributed by atoms with Gasteiger partial charge in [-0.25, -0.2) is 13.1 Å². The summed E-state index contributed by atoms with van der Waals surface area (Å²) in [5.41, 5.74) is 0.753. The van der Waals surface area contributed by atoms with Crippen LogP contribution in [0.5, 0.6) is 11.5 Å². The lowest BCUT2D eigenvalue weighted by molar-refractivity contribution is 0.287. The molecule has 2 rings (SSSR count). The molecule has 5 nitrogen and oxygen atoms in total. The number of nitrogens with one attached hydrogen (secondary N) is 1. The van der Waals surface area contributed by atoms with Crippen LogP contribution >= 0.6 is 0 Å². The minimum absolute atomic E-state index is 0.0410. The molecule has 0 fully saturated rings. The van der Waals surface area contributed by atoms with Gasteiger partial charge in [0.1, 0.15) is 18.1 Å². The molecule has 2 aromatic rings. The molecule has 0 aliphatic heterocycles. The summed E-state index contributed by atoms with van der Waals surface area (Å²) in [7, 11) is -1.80. The molecule has 1 N–H and O–H groups in total. The van der Waals surface area contributed by atoms with Crippen LogP contribution in [0.2, 0.25) is 0 Å². The molecule has 0 aliphatic carbocycles. The van der Waals surface area contributed by atoms with Crippen LogP contribution in [0.15, 0.2) is 54.6 Å². The van der Waals surface area contributed by atoms with Gasteiger partial charge in [0.25, 0.3) is 0 Å². The van der Waals surface area contributed by atoms with Crippen molar-refractivity contribution in [2.24, 2.45) is 0 Å². The highest BCUT2D eigenvalue weighted by molar-refractivity contribution is 7.88. The molecule has 0 aromatic heterocycles. The second-order valence-electron chi connectivity index (χ2n) is 5.25. The fourth-order valence-corrected chi connectivity index (χ4v) is 3.46. The Morgan fingerprint density at radius 1 is 1.00 bits per heavy atom. The maximum Gasteiger partial charge on any atom is 0.216 e. The van der Waals surface area contributed by atoms with Crippen LogP contribution in [0.1, 0.15) is 12.5 Å². The monoisotopic (exact) mass is 335 g/mol. The molecule has 2 aromatic carbocycles. The van der Waals surface area contributed by atoms with E-state index in [0.717, 1.165) is 11.3 Å². The minimum Gasteiger partial charge on any atom is -0.497 e. The molecule has 0 heterocycles. The predicted molar refractivity (Wildman–Crippen MR) is 90.2 cm³/mol. The highest BCUT2D eigenvalue weighted by Gasteiger charge is 2.15. The van der Waals surface area contributed by atoms with E-state index < -0.39 is 10.0 Å². The first kappa shape index (κ1) is 17.3. The quantitative estimate of drug-likeness (QED) is 0.805. The summed E-state index contributed by atoms with van der Waals surface area (Å²) in [5.74, 6) is 1.37. The van der Waals surface area contributed by atoms with E-state index in [-0.39, 0.29) is 18.4 Å². The summed E-state index contributed by atoms with van der Waals surface area (Å²) in [5, 5.41) is 0. The summed E-state index contributed by atoms with van der Waals surface area (Å²) in [6, 6.07) is 15.9. The second-order valence-corrected chi connectivity index (χ2v) is 7.00. The van der Waals surface area contributed by atoms with Crippen LogP contribution in [0.4, 0.5) is 0 Å². The van der Waals surface area contributed by atoms with Crippen molar-refractivity contribution in [3.8, 4) is 11.5 Å². The third kappa shape index (κ3) is 5.92. The van der Waals surface area contributed by atoms with E-state index in [1.807, 2.05) is 18.2 Å². The van der Waals surface area contributed by atoms with Gasteiger partial charge in [0, 0.05) is 0 Å². The molecular formula is C17H21NO4S. The fraction of sp³-hybridized carbons (Fsp3) is 0.294. The first-order chi connectivity index (χ1) is 11.0. The van der Waals surface area contributed by atoms with Crippen molar-refractivity contribution in [3.63, 3.8) is 0 Å². The minimum atomic E-state index is -3.40. The molecule has 0 spiro atoms. The van der Waals surface area contributed by atoms with E-state index >= 15 is 0 Å². The highest BCUT2D eigenvalue weighted by Crippen LogP contribution is 2.17. The average Bonchev–Trinajstić information content (AvgIpc) is 2.53. The fourth-order valence-electron chi connectivity index (χ4n) is 2.07. The predicted octanol–water partition coefficient (Wildman–Crippen LogP) is 2.58. The number of sulfonamides is 1. The third-order valence-corrected chi connectivity index (χ3v) is 4.61. The molecule has 0 bridgehead atoms. The lowest BCUT2D eigenvalue weighted by Crippen LogP contribution is -2.37. The number of rotatable bonds is 8. The van der Waals surface area contributed by atoms with Gasteiger partial charge in [-0.2, -0.15) is 0 Å².